The quantitative estimate of drug-likeness (QED) is 0.542. The fourth-order valence-corrected chi connectivity index (χ4v) is 0.158. The van der Waals surface area contributed by atoms with E-state index in [1.165, 1.54) is 0 Å². The summed E-state index contributed by atoms with van der Waals surface area (Å²) in [5, 5.41) is 8.07. The number of hydrogen-bond acceptors (Lipinski definition) is 1. The number of hydrogen-bond donors (Lipinski definition) is 1. The topological polar surface area (TPSA) is 20.2 Å². The zero-order chi connectivity index (χ0) is 4.12. The predicted octanol–water partition coefficient (Wildman–Crippen LogP) is -1.32. The minimum atomic E-state index is 0. The first-order valence-corrected chi connectivity index (χ1v) is 2.02. The second-order valence-corrected chi connectivity index (χ2v) is 1.08. The van der Waals surface area contributed by atoms with Gasteiger partial charge in [-0.3, -0.25) is 0 Å². The SMILES string of the molecule is CCCCO.[AlH3].[MgH2].[Zn]. The van der Waals surface area contributed by atoms with Gasteiger partial charge in [0.15, 0.2) is 17.4 Å². The van der Waals surface area contributed by atoms with Crippen molar-refractivity contribution in [2.45, 2.75) is 19.8 Å². The molecular weight excluding hydrogens is 181 g/mol. The van der Waals surface area contributed by atoms with Crippen LogP contribution in [0.1, 0.15) is 19.8 Å². The zero-order valence-corrected chi connectivity index (χ0v) is 7.24. The molecule has 0 radical (unpaired) electrons. The molecule has 1 N–H and O–H groups in total. The molecule has 0 saturated heterocycles. The van der Waals surface area contributed by atoms with Gasteiger partial charge in [-0.25, -0.2) is 0 Å². The molecule has 44 valence electrons. The third kappa shape index (κ3) is 24.8. The standard InChI is InChI=1S/C4H10O.Al.Mg.Zn.5H/c1-2-3-4-5;;;;;;;;/h5H,2-4H2,1H3;;;;;;;;. The summed E-state index contributed by atoms with van der Waals surface area (Å²) in [6.07, 6.45) is 2.04. The molecule has 1 nitrogen and oxygen atoms in total. The van der Waals surface area contributed by atoms with E-state index in [2.05, 4.69) is 6.92 Å². The summed E-state index contributed by atoms with van der Waals surface area (Å²) in [5.74, 6) is 0. The molecule has 4 heteroatoms. The molecule has 0 atom stereocenters. The van der Waals surface area contributed by atoms with Crippen molar-refractivity contribution >= 4 is 40.4 Å². The van der Waals surface area contributed by atoms with Crippen molar-refractivity contribution in [3.05, 3.63) is 0 Å². The summed E-state index contributed by atoms with van der Waals surface area (Å²) in [4.78, 5) is 0. The van der Waals surface area contributed by atoms with Crippen molar-refractivity contribution in [2.24, 2.45) is 0 Å². The molecule has 0 aliphatic rings. The first-order valence-electron chi connectivity index (χ1n) is 2.02. The van der Waals surface area contributed by atoms with Crippen molar-refractivity contribution in [1.29, 1.82) is 0 Å². The Balaban J connectivity index is -0.0000000267. The van der Waals surface area contributed by atoms with Crippen LogP contribution in [0.4, 0.5) is 0 Å². The summed E-state index contributed by atoms with van der Waals surface area (Å²) >= 11 is 0. The van der Waals surface area contributed by atoms with E-state index in [-0.39, 0.29) is 59.9 Å². The number of aliphatic hydroxyl groups is 1. The predicted molar refractivity (Wildman–Crippen MR) is 40.5 cm³/mol. The van der Waals surface area contributed by atoms with Gasteiger partial charge in [0.05, 0.1) is 0 Å². The first-order chi connectivity index (χ1) is 2.41. The second kappa shape index (κ2) is 23.2. The average Bonchev–Trinajstić information content (AvgIpc) is 1.41. The van der Waals surface area contributed by atoms with Gasteiger partial charge in [0.25, 0.3) is 0 Å². The van der Waals surface area contributed by atoms with Crippen molar-refractivity contribution in [1.82, 2.24) is 0 Å². The maximum atomic E-state index is 8.07. The van der Waals surface area contributed by atoms with Crippen LogP contribution < -0.4 is 0 Å². The molecule has 0 heterocycles. The van der Waals surface area contributed by atoms with Gasteiger partial charge in [0, 0.05) is 26.1 Å². The second-order valence-electron chi connectivity index (χ2n) is 1.08. The molecule has 0 spiro atoms. The third-order valence-electron chi connectivity index (χ3n) is 0.512. The van der Waals surface area contributed by atoms with E-state index < -0.39 is 0 Å². The van der Waals surface area contributed by atoms with Crippen LogP contribution >= 0.6 is 0 Å². The maximum absolute atomic E-state index is 8.07. The summed E-state index contributed by atoms with van der Waals surface area (Å²) in [7, 11) is 0. The molecule has 0 bridgehead atoms. The Morgan fingerprint density at radius 2 is 1.75 bits per heavy atom. The third-order valence-corrected chi connectivity index (χ3v) is 0.512. The normalized spacial score (nSPS) is 5.25. The Labute approximate surface area is 90.7 Å². The van der Waals surface area contributed by atoms with Crippen LogP contribution in [0.15, 0.2) is 0 Å². The van der Waals surface area contributed by atoms with Crippen LogP contribution in [0.5, 0.6) is 0 Å². The van der Waals surface area contributed by atoms with Gasteiger partial charge in [-0.05, 0) is 6.42 Å². The van der Waals surface area contributed by atoms with E-state index in [9.17, 15) is 0 Å². The van der Waals surface area contributed by atoms with Gasteiger partial charge in [0.1, 0.15) is 0 Å². The smallest absolute Gasteiger partial charge is 0.316 e. The monoisotopic (exact) mass is 194 g/mol. The molecule has 0 amide bonds. The van der Waals surface area contributed by atoms with Gasteiger partial charge in [-0.2, -0.15) is 0 Å². The van der Waals surface area contributed by atoms with Gasteiger partial charge in [0.2, 0.25) is 0 Å². The summed E-state index contributed by atoms with van der Waals surface area (Å²) in [6.45, 7) is 2.40. The Morgan fingerprint density at radius 3 is 1.75 bits per heavy atom. The Morgan fingerprint density at radius 1 is 1.38 bits per heavy atom. The minimum absolute atomic E-state index is 0. The van der Waals surface area contributed by atoms with Gasteiger partial charge >= 0.3 is 23.1 Å². The van der Waals surface area contributed by atoms with Gasteiger partial charge in [-0.1, -0.05) is 13.3 Å². The fraction of sp³-hybridized carbons (Fsp3) is 1.00. The Kier molecular flexibility index (Phi) is 65.2. The minimum Gasteiger partial charge on any atom is -0.396 e. The van der Waals surface area contributed by atoms with E-state index >= 15 is 0 Å². The molecule has 0 saturated carbocycles. The molecule has 0 aromatic rings. The zero-order valence-electron chi connectivity index (χ0n) is 4.28. The molecule has 0 rings (SSSR count). The van der Waals surface area contributed by atoms with Gasteiger partial charge < -0.3 is 5.11 Å². The van der Waals surface area contributed by atoms with Crippen LogP contribution in [-0.2, 0) is 19.5 Å². The number of unbranched alkanes of at least 4 members (excludes halogenated alkanes) is 1. The molecule has 0 aliphatic carbocycles. The van der Waals surface area contributed by atoms with Crippen LogP contribution in [0.2, 0.25) is 0 Å². The number of rotatable bonds is 2. The Hall–Kier alpha value is 1.88. The number of aliphatic hydroxyl groups excluding tert-OH is 1. The van der Waals surface area contributed by atoms with Crippen LogP contribution in [0.3, 0.4) is 0 Å². The van der Waals surface area contributed by atoms with Crippen molar-refractivity contribution in [3.8, 4) is 0 Å². The first kappa shape index (κ1) is 22.5. The van der Waals surface area contributed by atoms with Crippen molar-refractivity contribution in [3.63, 3.8) is 0 Å². The van der Waals surface area contributed by atoms with E-state index in [1.54, 1.807) is 0 Å². The van der Waals surface area contributed by atoms with E-state index in [4.69, 9.17) is 5.11 Å². The van der Waals surface area contributed by atoms with E-state index in [0.717, 1.165) is 12.8 Å². The van der Waals surface area contributed by atoms with Crippen molar-refractivity contribution in [2.75, 3.05) is 6.61 Å². The molecule has 0 aliphatic heterocycles. The largest absolute Gasteiger partial charge is 0.396 e. The van der Waals surface area contributed by atoms with Gasteiger partial charge in [-0.15, -0.1) is 0 Å². The summed E-state index contributed by atoms with van der Waals surface area (Å²) < 4.78 is 0. The summed E-state index contributed by atoms with van der Waals surface area (Å²) in [5.41, 5.74) is 0. The van der Waals surface area contributed by atoms with Crippen LogP contribution in [0, 0.1) is 0 Å². The van der Waals surface area contributed by atoms with Crippen molar-refractivity contribution < 1.29 is 24.6 Å². The van der Waals surface area contributed by atoms with Crippen LogP contribution in [-0.4, -0.2) is 52.1 Å². The average molecular weight is 196 g/mol. The molecule has 0 aromatic heterocycles. The fourth-order valence-electron chi connectivity index (χ4n) is 0.158. The molecular formula is C4H15AlMgOZn. The van der Waals surface area contributed by atoms with E-state index in [0.29, 0.717) is 6.61 Å². The van der Waals surface area contributed by atoms with E-state index in [1.807, 2.05) is 0 Å². The molecule has 0 fully saturated rings. The molecule has 0 aromatic carbocycles. The summed E-state index contributed by atoms with van der Waals surface area (Å²) in [6, 6.07) is 0. The Bertz CT molecular complexity index is 23.5. The molecule has 8 heavy (non-hydrogen) atoms. The van der Waals surface area contributed by atoms with Crippen LogP contribution in [0.25, 0.3) is 0 Å². The maximum Gasteiger partial charge on any atom is 0.316 e. The molecule has 0 unspecified atom stereocenters.